The summed E-state index contributed by atoms with van der Waals surface area (Å²) in [5.74, 6) is 3.86. The molecule has 0 aliphatic rings. The molecule has 0 spiro atoms. The zero-order valence-corrected chi connectivity index (χ0v) is 10.1. The second-order valence-electron chi connectivity index (χ2n) is 3.70. The van der Waals surface area contributed by atoms with Gasteiger partial charge in [-0.1, -0.05) is 5.16 Å². The molecule has 1 heterocycles. The molecule has 0 bridgehead atoms. The molecule has 2 aromatic rings. The lowest BCUT2D eigenvalue weighted by Crippen LogP contribution is -2.30. The molecule has 1 aromatic carbocycles. The molecule has 0 atom stereocenters. The summed E-state index contributed by atoms with van der Waals surface area (Å²) in [5.41, 5.74) is 2.08. The number of nitrogens with zero attached hydrogens (tertiary/aromatic N) is 2. The van der Waals surface area contributed by atoms with Gasteiger partial charge in [0, 0.05) is 6.07 Å². The lowest BCUT2D eigenvalue weighted by atomic mass is 10.2. The minimum Gasteiger partial charge on any atom is -0.482 e. The van der Waals surface area contributed by atoms with Crippen molar-refractivity contribution in [1.29, 1.82) is 5.26 Å². The van der Waals surface area contributed by atoms with Crippen LogP contribution in [0.15, 0.2) is 28.8 Å². The van der Waals surface area contributed by atoms with Crippen LogP contribution in [0.1, 0.15) is 21.8 Å². The number of ether oxygens (including phenoxy) is 1. The van der Waals surface area contributed by atoms with E-state index in [0.717, 1.165) is 6.07 Å². The smallest absolute Gasteiger partial charge is 0.287 e. The first kappa shape index (κ1) is 13.5. The third-order valence-electron chi connectivity index (χ3n) is 2.35. The van der Waals surface area contributed by atoms with Crippen molar-refractivity contribution in [3.8, 4) is 11.8 Å². The summed E-state index contributed by atoms with van der Waals surface area (Å²) in [4.78, 5) is 11.1. The number of hydrogen-bond acceptors (Lipinski definition) is 6. The SMILES string of the molecule is N#Cc1ccc(OCc2cc(C(=O)NN)no2)c(F)c1. The lowest BCUT2D eigenvalue weighted by Gasteiger charge is -2.04. The van der Waals surface area contributed by atoms with Gasteiger partial charge in [0.15, 0.2) is 23.0 Å². The Morgan fingerprint density at radius 2 is 2.35 bits per heavy atom. The maximum Gasteiger partial charge on any atom is 0.287 e. The number of carbonyl (C=O) groups is 1. The van der Waals surface area contributed by atoms with Crippen LogP contribution in [0.25, 0.3) is 0 Å². The Kier molecular flexibility index (Phi) is 3.93. The van der Waals surface area contributed by atoms with E-state index in [1.54, 1.807) is 0 Å². The molecule has 0 saturated heterocycles. The molecule has 3 N–H and O–H groups in total. The van der Waals surface area contributed by atoms with E-state index in [-0.39, 0.29) is 29.4 Å². The first-order chi connectivity index (χ1) is 9.63. The molecule has 102 valence electrons. The normalized spacial score (nSPS) is 9.85. The quantitative estimate of drug-likeness (QED) is 0.486. The fourth-order valence-corrected chi connectivity index (χ4v) is 1.40. The number of hydrogen-bond donors (Lipinski definition) is 2. The number of nitrogens with one attached hydrogen (secondary N) is 1. The standard InChI is InChI=1S/C12H9FN4O3/c13-9-3-7(5-14)1-2-11(9)19-6-8-4-10(17-20-8)12(18)16-15/h1-4H,6,15H2,(H,16,18). The second kappa shape index (κ2) is 5.81. The van der Waals surface area contributed by atoms with E-state index in [1.807, 2.05) is 11.5 Å². The van der Waals surface area contributed by atoms with Crippen LogP contribution < -0.4 is 16.0 Å². The third kappa shape index (κ3) is 2.90. The molecule has 1 amide bonds. The highest BCUT2D eigenvalue weighted by atomic mass is 19.1. The summed E-state index contributed by atoms with van der Waals surface area (Å²) in [6, 6.07) is 6.95. The van der Waals surface area contributed by atoms with Crippen LogP contribution >= 0.6 is 0 Å². The fourth-order valence-electron chi connectivity index (χ4n) is 1.40. The Labute approximate surface area is 112 Å². The van der Waals surface area contributed by atoms with Gasteiger partial charge in [-0.2, -0.15) is 5.26 Å². The van der Waals surface area contributed by atoms with Gasteiger partial charge in [-0.25, -0.2) is 10.2 Å². The minimum atomic E-state index is -0.663. The summed E-state index contributed by atoms with van der Waals surface area (Å²) >= 11 is 0. The van der Waals surface area contributed by atoms with Crippen LogP contribution in [0.3, 0.4) is 0 Å². The molecule has 0 aliphatic carbocycles. The number of carbonyl (C=O) groups excluding carboxylic acids is 1. The molecule has 1 aromatic heterocycles. The van der Waals surface area contributed by atoms with Gasteiger partial charge in [0.05, 0.1) is 11.6 Å². The van der Waals surface area contributed by atoms with Crippen molar-refractivity contribution in [3.05, 3.63) is 47.1 Å². The second-order valence-corrected chi connectivity index (χ2v) is 3.70. The molecule has 0 radical (unpaired) electrons. The van der Waals surface area contributed by atoms with Gasteiger partial charge < -0.3 is 9.26 Å². The number of hydrazine groups is 1. The Bertz CT molecular complexity index is 678. The predicted octanol–water partition coefficient (Wildman–Crippen LogP) is 0.868. The predicted molar refractivity (Wildman–Crippen MR) is 63.6 cm³/mol. The van der Waals surface area contributed by atoms with E-state index >= 15 is 0 Å². The summed E-state index contributed by atoms with van der Waals surface area (Å²) < 4.78 is 23.5. The highest BCUT2D eigenvalue weighted by Crippen LogP contribution is 2.19. The number of aromatic nitrogens is 1. The van der Waals surface area contributed by atoms with Crippen molar-refractivity contribution in [3.63, 3.8) is 0 Å². The van der Waals surface area contributed by atoms with Gasteiger partial charge in [0.25, 0.3) is 5.91 Å². The molecular formula is C12H9FN4O3. The monoisotopic (exact) mass is 276 g/mol. The first-order valence-electron chi connectivity index (χ1n) is 5.43. The molecule has 2 rings (SSSR count). The van der Waals surface area contributed by atoms with E-state index in [2.05, 4.69) is 5.16 Å². The summed E-state index contributed by atoms with van der Waals surface area (Å²) in [7, 11) is 0. The van der Waals surface area contributed by atoms with Crippen molar-refractivity contribution < 1.29 is 18.4 Å². The van der Waals surface area contributed by atoms with Crippen molar-refractivity contribution in [2.24, 2.45) is 5.84 Å². The minimum absolute atomic E-state index is 0.00796. The summed E-state index contributed by atoms with van der Waals surface area (Å²) in [6.45, 7) is -0.117. The lowest BCUT2D eigenvalue weighted by molar-refractivity contribution is 0.0944. The van der Waals surface area contributed by atoms with Crippen molar-refractivity contribution >= 4 is 5.91 Å². The molecule has 8 heteroatoms. The zero-order valence-electron chi connectivity index (χ0n) is 10.1. The summed E-state index contributed by atoms with van der Waals surface area (Å²) in [5, 5.41) is 12.1. The molecule has 20 heavy (non-hydrogen) atoms. The highest BCUT2D eigenvalue weighted by molar-refractivity contribution is 5.91. The maximum absolute atomic E-state index is 13.5. The van der Waals surface area contributed by atoms with Gasteiger partial charge in [-0.15, -0.1) is 0 Å². The van der Waals surface area contributed by atoms with E-state index in [9.17, 15) is 9.18 Å². The number of nitrogen functional groups attached to an aromatic ring is 1. The van der Waals surface area contributed by atoms with Crippen LogP contribution in [0.2, 0.25) is 0 Å². The Balaban J connectivity index is 2.04. The molecule has 0 unspecified atom stereocenters. The van der Waals surface area contributed by atoms with Crippen molar-refractivity contribution in [2.45, 2.75) is 6.61 Å². The third-order valence-corrected chi connectivity index (χ3v) is 2.35. The number of nitrogens with two attached hydrogens (primary N) is 1. The molecule has 0 aliphatic heterocycles. The maximum atomic E-state index is 13.5. The number of rotatable bonds is 4. The van der Waals surface area contributed by atoms with Crippen LogP contribution in [0.5, 0.6) is 5.75 Å². The first-order valence-corrected chi connectivity index (χ1v) is 5.43. The van der Waals surface area contributed by atoms with Crippen LogP contribution in [0, 0.1) is 17.1 Å². The molecule has 0 fully saturated rings. The zero-order chi connectivity index (χ0) is 14.5. The van der Waals surface area contributed by atoms with E-state index in [1.165, 1.54) is 18.2 Å². The van der Waals surface area contributed by atoms with E-state index < -0.39 is 11.7 Å². The average Bonchev–Trinajstić information content (AvgIpc) is 2.94. The largest absolute Gasteiger partial charge is 0.482 e. The van der Waals surface area contributed by atoms with E-state index in [4.69, 9.17) is 20.4 Å². The van der Waals surface area contributed by atoms with Gasteiger partial charge in [0.1, 0.15) is 6.61 Å². The van der Waals surface area contributed by atoms with Crippen LogP contribution in [0.4, 0.5) is 4.39 Å². The molecule has 7 nitrogen and oxygen atoms in total. The number of benzene rings is 1. The van der Waals surface area contributed by atoms with Crippen molar-refractivity contribution in [2.75, 3.05) is 0 Å². The van der Waals surface area contributed by atoms with Crippen molar-refractivity contribution in [1.82, 2.24) is 10.6 Å². The topological polar surface area (TPSA) is 114 Å². The number of nitriles is 1. The van der Waals surface area contributed by atoms with Gasteiger partial charge in [0.2, 0.25) is 0 Å². The summed E-state index contributed by atoms with van der Waals surface area (Å²) in [6.07, 6.45) is 0. The van der Waals surface area contributed by atoms with Crippen LogP contribution in [-0.2, 0) is 6.61 Å². The average molecular weight is 276 g/mol. The Morgan fingerprint density at radius 1 is 1.55 bits per heavy atom. The fraction of sp³-hybridized carbons (Fsp3) is 0.0833. The van der Waals surface area contributed by atoms with Gasteiger partial charge in [-0.05, 0) is 18.2 Å². The Hall–Kier alpha value is -2.92. The van der Waals surface area contributed by atoms with E-state index in [0.29, 0.717) is 0 Å². The number of halogens is 1. The van der Waals surface area contributed by atoms with Gasteiger partial charge >= 0.3 is 0 Å². The highest BCUT2D eigenvalue weighted by Gasteiger charge is 2.12. The van der Waals surface area contributed by atoms with Gasteiger partial charge in [-0.3, -0.25) is 10.2 Å². The van der Waals surface area contributed by atoms with Crippen LogP contribution in [-0.4, -0.2) is 11.1 Å². The molecular weight excluding hydrogens is 267 g/mol. The molecule has 0 saturated carbocycles. The number of amides is 1. The Morgan fingerprint density at radius 3 is 3.00 bits per heavy atom.